The second-order valence-electron chi connectivity index (χ2n) is 2.51. The summed E-state index contributed by atoms with van der Waals surface area (Å²) in [6, 6.07) is 0. The van der Waals surface area contributed by atoms with Crippen LogP contribution >= 0.6 is 11.6 Å². The minimum atomic E-state index is -0.890. The molecule has 1 aliphatic heterocycles. The van der Waals surface area contributed by atoms with E-state index in [1.54, 1.807) is 0 Å². The van der Waals surface area contributed by atoms with Gasteiger partial charge in [0.2, 0.25) is 0 Å². The van der Waals surface area contributed by atoms with E-state index >= 15 is 0 Å². The average Bonchev–Trinajstić information content (AvgIpc) is 2.30. The first-order chi connectivity index (χ1) is 5.20. The van der Waals surface area contributed by atoms with E-state index in [1.807, 2.05) is 0 Å². The highest BCUT2D eigenvalue weighted by atomic mass is 35.5. The van der Waals surface area contributed by atoms with Crippen molar-refractivity contribution >= 4 is 11.6 Å². The molecule has 0 saturated carbocycles. The Morgan fingerprint density at radius 2 is 1.73 bits per heavy atom. The van der Waals surface area contributed by atoms with Crippen molar-refractivity contribution in [3.8, 4) is 0 Å². The van der Waals surface area contributed by atoms with Gasteiger partial charge in [-0.15, -0.1) is 11.6 Å². The smallest absolute Gasteiger partial charge is 0.108 e. The average molecular weight is 183 g/mol. The van der Waals surface area contributed by atoms with Crippen LogP contribution in [0.25, 0.3) is 0 Å². The summed E-state index contributed by atoms with van der Waals surface area (Å²) in [6.07, 6.45) is -2.11. The van der Waals surface area contributed by atoms with Crippen molar-refractivity contribution in [2.24, 2.45) is 0 Å². The SMILES string of the molecule is OC[C@H]1O[C@H](CO)[C@@H](Cl)[C@@H]1O. The van der Waals surface area contributed by atoms with Gasteiger partial charge in [0.25, 0.3) is 0 Å². The lowest BCUT2D eigenvalue weighted by Gasteiger charge is -2.09. The molecule has 1 saturated heterocycles. The van der Waals surface area contributed by atoms with E-state index in [0.29, 0.717) is 0 Å². The summed E-state index contributed by atoms with van der Waals surface area (Å²) in [7, 11) is 0. The molecular formula is C6H11ClO4. The number of hydrogen-bond donors (Lipinski definition) is 3. The van der Waals surface area contributed by atoms with Crippen LogP contribution < -0.4 is 0 Å². The third kappa shape index (κ3) is 1.65. The molecule has 1 aliphatic rings. The third-order valence-corrected chi connectivity index (χ3v) is 2.31. The van der Waals surface area contributed by atoms with E-state index in [-0.39, 0.29) is 13.2 Å². The summed E-state index contributed by atoms with van der Waals surface area (Å²) >= 11 is 5.66. The van der Waals surface area contributed by atoms with E-state index < -0.39 is 23.7 Å². The summed E-state index contributed by atoms with van der Waals surface area (Å²) in [5.41, 5.74) is 0. The summed E-state index contributed by atoms with van der Waals surface area (Å²) in [4.78, 5) is 0. The minimum absolute atomic E-state index is 0.234. The van der Waals surface area contributed by atoms with Crippen LogP contribution in [-0.4, -0.2) is 52.2 Å². The topological polar surface area (TPSA) is 69.9 Å². The third-order valence-electron chi connectivity index (χ3n) is 1.77. The van der Waals surface area contributed by atoms with Gasteiger partial charge in [0.05, 0.1) is 18.6 Å². The molecule has 3 N–H and O–H groups in total. The number of aliphatic hydroxyl groups excluding tert-OH is 3. The van der Waals surface area contributed by atoms with E-state index in [9.17, 15) is 5.11 Å². The number of rotatable bonds is 2. The van der Waals surface area contributed by atoms with Crippen LogP contribution in [0.4, 0.5) is 0 Å². The quantitative estimate of drug-likeness (QED) is 0.465. The maximum Gasteiger partial charge on any atom is 0.108 e. The molecule has 0 spiro atoms. The number of hydrogen-bond acceptors (Lipinski definition) is 4. The standard InChI is InChI=1S/C6H11ClO4/c7-5-3(1-8)11-4(2-9)6(5)10/h3-6,8-10H,1-2H2/t3-,4-,5-,6-/m1/s1. The molecule has 5 heteroatoms. The molecule has 0 amide bonds. The fourth-order valence-electron chi connectivity index (χ4n) is 1.10. The Kier molecular flexibility index (Phi) is 3.09. The second-order valence-corrected chi connectivity index (χ2v) is 3.02. The van der Waals surface area contributed by atoms with Crippen molar-refractivity contribution < 1.29 is 20.1 Å². The molecule has 1 rings (SSSR count). The van der Waals surface area contributed by atoms with Crippen molar-refractivity contribution in [1.82, 2.24) is 0 Å². The molecule has 1 fully saturated rings. The van der Waals surface area contributed by atoms with Gasteiger partial charge in [-0.3, -0.25) is 0 Å². The fourth-order valence-corrected chi connectivity index (χ4v) is 1.40. The maximum atomic E-state index is 9.23. The van der Waals surface area contributed by atoms with Gasteiger partial charge in [0.15, 0.2) is 0 Å². The molecule has 0 bridgehead atoms. The largest absolute Gasteiger partial charge is 0.394 e. The van der Waals surface area contributed by atoms with Gasteiger partial charge in [0, 0.05) is 0 Å². The van der Waals surface area contributed by atoms with Crippen LogP contribution in [0, 0.1) is 0 Å². The van der Waals surface area contributed by atoms with Crippen LogP contribution in [0.15, 0.2) is 0 Å². The first-order valence-corrected chi connectivity index (χ1v) is 3.83. The molecule has 66 valence electrons. The zero-order valence-corrected chi connectivity index (χ0v) is 6.61. The summed E-state index contributed by atoms with van der Waals surface area (Å²) in [5, 5.41) is 25.9. The lowest BCUT2D eigenvalue weighted by molar-refractivity contribution is -0.0354. The highest BCUT2D eigenvalue weighted by Crippen LogP contribution is 2.25. The molecule has 4 nitrogen and oxygen atoms in total. The highest BCUT2D eigenvalue weighted by molar-refractivity contribution is 6.21. The van der Waals surface area contributed by atoms with Crippen LogP contribution in [0.2, 0.25) is 0 Å². The lowest BCUT2D eigenvalue weighted by atomic mass is 10.1. The van der Waals surface area contributed by atoms with Crippen LogP contribution in [0.1, 0.15) is 0 Å². The zero-order valence-electron chi connectivity index (χ0n) is 5.85. The fraction of sp³-hybridized carbons (Fsp3) is 1.00. The van der Waals surface area contributed by atoms with E-state index in [1.165, 1.54) is 0 Å². The van der Waals surface area contributed by atoms with Gasteiger partial charge in [-0.05, 0) is 0 Å². The number of aliphatic hydroxyl groups is 3. The molecule has 0 aromatic rings. The van der Waals surface area contributed by atoms with E-state index in [2.05, 4.69) is 0 Å². The van der Waals surface area contributed by atoms with Crippen LogP contribution in [0.5, 0.6) is 0 Å². The Bertz CT molecular complexity index is 114. The second kappa shape index (κ2) is 3.69. The highest BCUT2D eigenvalue weighted by Gasteiger charge is 2.41. The Labute approximate surface area is 69.4 Å². The summed E-state index contributed by atoms with van der Waals surface area (Å²) in [6.45, 7) is -0.511. The van der Waals surface area contributed by atoms with Crippen LogP contribution in [0.3, 0.4) is 0 Å². The number of ether oxygens (including phenoxy) is 1. The van der Waals surface area contributed by atoms with Gasteiger partial charge in [-0.2, -0.15) is 0 Å². The molecule has 11 heavy (non-hydrogen) atoms. The molecule has 0 unspecified atom stereocenters. The predicted octanol–water partition coefficient (Wildman–Crippen LogP) is -1.29. The number of halogens is 1. The van der Waals surface area contributed by atoms with E-state index in [4.69, 9.17) is 26.6 Å². The lowest BCUT2D eigenvalue weighted by Crippen LogP contribution is -2.30. The van der Waals surface area contributed by atoms with Gasteiger partial charge in [-0.1, -0.05) is 0 Å². The molecule has 0 aliphatic carbocycles. The first kappa shape index (κ1) is 9.22. The van der Waals surface area contributed by atoms with Gasteiger partial charge in [-0.25, -0.2) is 0 Å². The van der Waals surface area contributed by atoms with E-state index in [0.717, 1.165) is 0 Å². The van der Waals surface area contributed by atoms with Crippen molar-refractivity contribution in [3.63, 3.8) is 0 Å². The minimum Gasteiger partial charge on any atom is -0.394 e. The molecule has 1 heterocycles. The Morgan fingerprint density at radius 1 is 1.18 bits per heavy atom. The molecule has 0 aromatic carbocycles. The first-order valence-electron chi connectivity index (χ1n) is 3.40. The molecule has 0 aromatic heterocycles. The van der Waals surface area contributed by atoms with Crippen LogP contribution in [-0.2, 0) is 4.74 Å². The normalized spacial score (nSPS) is 44.7. The monoisotopic (exact) mass is 182 g/mol. The predicted molar refractivity (Wildman–Crippen MR) is 38.5 cm³/mol. The summed E-state index contributed by atoms with van der Waals surface area (Å²) < 4.78 is 5.00. The van der Waals surface area contributed by atoms with Crippen molar-refractivity contribution in [3.05, 3.63) is 0 Å². The van der Waals surface area contributed by atoms with Crippen molar-refractivity contribution in [2.75, 3.05) is 13.2 Å². The Balaban J connectivity index is 2.53. The summed E-state index contributed by atoms with van der Waals surface area (Å²) in [5.74, 6) is 0. The van der Waals surface area contributed by atoms with Gasteiger partial charge < -0.3 is 20.1 Å². The molecule has 0 radical (unpaired) electrons. The van der Waals surface area contributed by atoms with Crippen molar-refractivity contribution in [2.45, 2.75) is 23.7 Å². The Morgan fingerprint density at radius 3 is 2.00 bits per heavy atom. The number of alkyl halides is 1. The van der Waals surface area contributed by atoms with Gasteiger partial charge >= 0.3 is 0 Å². The molecule has 4 atom stereocenters. The van der Waals surface area contributed by atoms with Gasteiger partial charge in [0.1, 0.15) is 18.3 Å². The Hall–Kier alpha value is 0.130. The van der Waals surface area contributed by atoms with Crippen molar-refractivity contribution in [1.29, 1.82) is 0 Å². The maximum absolute atomic E-state index is 9.23. The zero-order chi connectivity index (χ0) is 8.43. The molecular weight excluding hydrogens is 172 g/mol.